The molecule has 0 bridgehead atoms. The molecular formula is C15H25N3O2. The second-order valence-electron chi connectivity index (χ2n) is 5.16. The van der Waals surface area contributed by atoms with Crippen LogP contribution in [-0.4, -0.2) is 44.2 Å². The predicted molar refractivity (Wildman–Crippen MR) is 83.1 cm³/mol. The number of rotatable bonds is 7. The number of benzene rings is 1. The number of carbonyl (C=O) groups excluding carboxylic acids is 1. The zero-order chi connectivity index (χ0) is 15.1. The Balaban J connectivity index is 2.66. The zero-order valence-corrected chi connectivity index (χ0v) is 12.8. The fourth-order valence-electron chi connectivity index (χ4n) is 1.83. The first-order chi connectivity index (χ1) is 9.43. The summed E-state index contributed by atoms with van der Waals surface area (Å²) >= 11 is 0. The lowest BCUT2D eigenvalue weighted by Gasteiger charge is -2.19. The number of hydrogen-bond donors (Lipinski definition) is 2. The molecule has 0 amide bonds. The maximum atomic E-state index is 11.6. The van der Waals surface area contributed by atoms with E-state index in [2.05, 4.69) is 31.2 Å². The number of hydrogen-bond acceptors (Lipinski definition) is 5. The van der Waals surface area contributed by atoms with E-state index in [0.717, 1.165) is 18.7 Å². The van der Waals surface area contributed by atoms with E-state index < -0.39 is 0 Å². The molecule has 1 unspecified atom stereocenters. The summed E-state index contributed by atoms with van der Waals surface area (Å²) in [5, 5.41) is 3.36. The fourth-order valence-corrected chi connectivity index (χ4v) is 1.83. The maximum Gasteiger partial charge on any atom is 0.338 e. The highest BCUT2D eigenvalue weighted by Gasteiger charge is 2.10. The summed E-state index contributed by atoms with van der Waals surface area (Å²) in [7, 11) is 4.10. The Labute approximate surface area is 121 Å². The van der Waals surface area contributed by atoms with E-state index in [1.807, 2.05) is 6.07 Å². The Bertz CT molecular complexity index is 447. The Hall–Kier alpha value is -1.75. The van der Waals surface area contributed by atoms with Crippen molar-refractivity contribution in [3.05, 3.63) is 23.8 Å². The van der Waals surface area contributed by atoms with Crippen LogP contribution in [0, 0.1) is 0 Å². The third kappa shape index (κ3) is 5.09. The smallest absolute Gasteiger partial charge is 0.338 e. The van der Waals surface area contributed by atoms with Crippen LogP contribution in [-0.2, 0) is 4.74 Å². The van der Waals surface area contributed by atoms with Gasteiger partial charge < -0.3 is 20.7 Å². The van der Waals surface area contributed by atoms with Crippen molar-refractivity contribution in [3.8, 4) is 0 Å². The van der Waals surface area contributed by atoms with Crippen molar-refractivity contribution in [1.29, 1.82) is 0 Å². The first-order valence-electron chi connectivity index (χ1n) is 6.92. The molecule has 0 spiro atoms. The van der Waals surface area contributed by atoms with Gasteiger partial charge in [0.2, 0.25) is 0 Å². The topological polar surface area (TPSA) is 67.6 Å². The summed E-state index contributed by atoms with van der Waals surface area (Å²) in [5.41, 5.74) is 7.87. The molecule has 1 rings (SSSR count). The first kappa shape index (κ1) is 16.3. The molecule has 0 aromatic heterocycles. The largest absolute Gasteiger partial charge is 0.462 e. The van der Waals surface area contributed by atoms with Gasteiger partial charge in [0.15, 0.2) is 0 Å². The molecular weight excluding hydrogens is 254 g/mol. The van der Waals surface area contributed by atoms with E-state index in [4.69, 9.17) is 10.5 Å². The van der Waals surface area contributed by atoms with Crippen LogP contribution in [0.4, 0.5) is 11.4 Å². The average Bonchev–Trinajstić information content (AvgIpc) is 2.39. The normalized spacial score (nSPS) is 12.2. The molecule has 0 heterocycles. The molecule has 3 N–H and O–H groups in total. The number of ether oxygens (including phenoxy) is 1. The number of nitrogens with one attached hydrogen (secondary N) is 1. The molecule has 0 saturated carbocycles. The van der Waals surface area contributed by atoms with Crippen molar-refractivity contribution >= 4 is 17.3 Å². The molecule has 112 valence electrons. The Morgan fingerprint density at radius 1 is 1.45 bits per heavy atom. The highest BCUT2D eigenvalue weighted by atomic mass is 16.5. The number of carbonyl (C=O) groups is 1. The third-order valence-electron chi connectivity index (χ3n) is 2.97. The highest BCUT2D eigenvalue weighted by Crippen LogP contribution is 2.21. The van der Waals surface area contributed by atoms with Crippen molar-refractivity contribution < 1.29 is 9.53 Å². The summed E-state index contributed by atoms with van der Waals surface area (Å²) in [6.07, 6.45) is 1.02. The Kier molecular flexibility index (Phi) is 6.31. The van der Waals surface area contributed by atoms with E-state index >= 15 is 0 Å². The number of nitrogen functional groups attached to an aromatic ring is 1. The van der Waals surface area contributed by atoms with Gasteiger partial charge in [0.05, 0.1) is 23.5 Å². The molecule has 0 aliphatic rings. The van der Waals surface area contributed by atoms with Gasteiger partial charge in [0.25, 0.3) is 0 Å². The zero-order valence-electron chi connectivity index (χ0n) is 12.8. The molecule has 0 saturated heterocycles. The highest BCUT2D eigenvalue weighted by molar-refractivity contribution is 5.91. The molecule has 0 aliphatic carbocycles. The monoisotopic (exact) mass is 279 g/mol. The van der Waals surface area contributed by atoms with Gasteiger partial charge in [-0.15, -0.1) is 0 Å². The lowest BCUT2D eigenvalue weighted by atomic mass is 10.1. The SMILES string of the molecule is CCOC(=O)c1ccc(NC(C)CCN(C)C)c(N)c1. The van der Waals surface area contributed by atoms with E-state index in [1.54, 1.807) is 19.1 Å². The minimum Gasteiger partial charge on any atom is -0.462 e. The summed E-state index contributed by atoms with van der Waals surface area (Å²) < 4.78 is 4.95. The minimum absolute atomic E-state index is 0.313. The average molecular weight is 279 g/mol. The van der Waals surface area contributed by atoms with Crippen LogP contribution >= 0.6 is 0 Å². The van der Waals surface area contributed by atoms with E-state index in [1.165, 1.54) is 0 Å². The van der Waals surface area contributed by atoms with Gasteiger partial charge in [0.1, 0.15) is 0 Å². The second-order valence-corrected chi connectivity index (χ2v) is 5.16. The number of nitrogens with zero attached hydrogens (tertiary/aromatic N) is 1. The van der Waals surface area contributed by atoms with Crippen LogP contribution in [0.5, 0.6) is 0 Å². The summed E-state index contributed by atoms with van der Waals surface area (Å²) in [4.78, 5) is 13.7. The molecule has 1 aromatic rings. The maximum absolute atomic E-state index is 11.6. The molecule has 0 aliphatic heterocycles. The van der Waals surface area contributed by atoms with Gasteiger partial charge in [-0.05, 0) is 59.1 Å². The number of nitrogens with two attached hydrogens (primary N) is 1. The molecule has 5 nitrogen and oxygen atoms in total. The number of anilines is 2. The van der Waals surface area contributed by atoms with Crippen LogP contribution in [0.1, 0.15) is 30.6 Å². The van der Waals surface area contributed by atoms with Gasteiger partial charge in [0, 0.05) is 6.04 Å². The standard InChI is InChI=1S/C15H25N3O2/c1-5-20-15(19)12-6-7-14(13(16)10-12)17-11(2)8-9-18(3)4/h6-7,10-11,17H,5,8-9,16H2,1-4H3. The minimum atomic E-state index is -0.341. The summed E-state index contributed by atoms with van der Waals surface area (Å²) in [6.45, 7) is 5.26. The summed E-state index contributed by atoms with van der Waals surface area (Å²) in [6, 6.07) is 5.52. The van der Waals surface area contributed by atoms with Crippen LogP contribution in [0.3, 0.4) is 0 Å². The van der Waals surface area contributed by atoms with Crippen molar-refractivity contribution in [2.45, 2.75) is 26.3 Å². The fraction of sp³-hybridized carbons (Fsp3) is 0.533. The predicted octanol–water partition coefficient (Wildman–Crippen LogP) is 2.20. The second kappa shape index (κ2) is 7.75. The van der Waals surface area contributed by atoms with Crippen molar-refractivity contribution in [2.24, 2.45) is 0 Å². The Morgan fingerprint density at radius 2 is 2.15 bits per heavy atom. The molecule has 5 heteroatoms. The molecule has 1 atom stereocenters. The van der Waals surface area contributed by atoms with Gasteiger partial charge in [-0.3, -0.25) is 0 Å². The molecule has 1 aromatic carbocycles. The quantitative estimate of drug-likeness (QED) is 0.591. The Morgan fingerprint density at radius 3 is 2.70 bits per heavy atom. The van der Waals surface area contributed by atoms with Crippen LogP contribution < -0.4 is 11.1 Å². The van der Waals surface area contributed by atoms with E-state index in [0.29, 0.717) is 23.9 Å². The molecule has 0 radical (unpaired) electrons. The van der Waals surface area contributed by atoms with Crippen molar-refractivity contribution in [2.75, 3.05) is 38.3 Å². The van der Waals surface area contributed by atoms with Gasteiger partial charge in [-0.1, -0.05) is 0 Å². The van der Waals surface area contributed by atoms with Gasteiger partial charge >= 0.3 is 5.97 Å². The number of esters is 1. The van der Waals surface area contributed by atoms with Gasteiger partial charge in [-0.25, -0.2) is 4.79 Å². The lowest BCUT2D eigenvalue weighted by molar-refractivity contribution is 0.0526. The van der Waals surface area contributed by atoms with E-state index in [-0.39, 0.29) is 5.97 Å². The van der Waals surface area contributed by atoms with Crippen LogP contribution in [0.25, 0.3) is 0 Å². The van der Waals surface area contributed by atoms with Crippen molar-refractivity contribution in [1.82, 2.24) is 4.90 Å². The lowest BCUT2D eigenvalue weighted by Crippen LogP contribution is -2.23. The molecule has 0 fully saturated rings. The third-order valence-corrected chi connectivity index (χ3v) is 2.97. The van der Waals surface area contributed by atoms with Gasteiger partial charge in [-0.2, -0.15) is 0 Å². The molecule has 20 heavy (non-hydrogen) atoms. The first-order valence-corrected chi connectivity index (χ1v) is 6.92. The summed E-state index contributed by atoms with van der Waals surface area (Å²) in [5.74, 6) is -0.341. The van der Waals surface area contributed by atoms with E-state index in [9.17, 15) is 4.79 Å². The van der Waals surface area contributed by atoms with Crippen LogP contribution in [0.15, 0.2) is 18.2 Å². The van der Waals surface area contributed by atoms with Crippen LogP contribution in [0.2, 0.25) is 0 Å². The van der Waals surface area contributed by atoms with Crippen molar-refractivity contribution in [3.63, 3.8) is 0 Å².